The Bertz CT molecular complexity index is 256. The van der Waals surface area contributed by atoms with Crippen LogP contribution in [0.25, 0.3) is 0 Å². The van der Waals surface area contributed by atoms with E-state index in [-0.39, 0.29) is 11.9 Å². The number of amides is 1. The van der Waals surface area contributed by atoms with Crippen LogP contribution in [0.1, 0.15) is 32.1 Å². The van der Waals surface area contributed by atoms with Gasteiger partial charge in [0.1, 0.15) is 6.04 Å². The van der Waals surface area contributed by atoms with Gasteiger partial charge >= 0.3 is 0 Å². The second-order valence-corrected chi connectivity index (χ2v) is 4.59. The van der Waals surface area contributed by atoms with Gasteiger partial charge in [0.15, 0.2) is 0 Å². The number of fused-ring (bicyclic) bond motifs is 3. The lowest BCUT2D eigenvalue weighted by Gasteiger charge is -2.44. The van der Waals surface area contributed by atoms with E-state index in [4.69, 9.17) is 0 Å². The van der Waals surface area contributed by atoms with Gasteiger partial charge in [-0.05, 0) is 19.3 Å². The average molecular weight is 195 g/mol. The van der Waals surface area contributed by atoms with E-state index in [1.54, 1.807) is 0 Å². The fourth-order valence-corrected chi connectivity index (χ4v) is 3.08. The molecule has 0 aromatic heterocycles. The van der Waals surface area contributed by atoms with E-state index in [1.807, 2.05) is 0 Å². The molecule has 1 amide bonds. The van der Waals surface area contributed by atoms with E-state index in [0.29, 0.717) is 12.1 Å². The maximum Gasteiger partial charge on any atom is 0.239 e. The van der Waals surface area contributed by atoms with E-state index in [1.165, 1.54) is 19.3 Å². The third kappa shape index (κ3) is 1.17. The number of nitrogens with zero attached hydrogens (tertiary/aromatic N) is 1. The van der Waals surface area contributed by atoms with Crippen LogP contribution in [0.4, 0.5) is 0 Å². The van der Waals surface area contributed by atoms with Crippen LogP contribution >= 0.6 is 0 Å². The molecule has 2 aliphatic heterocycles. The summed E-state index contributed by atoms with van der Waals surface area (Å²) in [5.74, 6) is 0.234. The molecule has 3 fully saturated rings. The number of nitrogens with one attached hydrogen (secondary N) is 2. The number of hydrazine groups is 1. The first-order valence-electron chi connectivity index (χ1n) is 5.68. The van der Waals surface area contributed by atoms with Gasteiger partial charge < -0.3 is 5.32 Å². The topological polar surface area (TPSA) is 44.4 Å². The SMILES string of the molecule is O=C1NC2CCCCC2N2NCCC12. The van der Waals surface area contributed by atoms with Crippen LogP contribution in [-0.4, -0.2) is 35.6 Å². The van der Waals surface area contributed by atoms with Gasteiger partial charge in [0, 0.05) is 18.6 Å². The molecule has 3 unspecified atom stereocenters. The van der Waals surface area contributed by atoms with E-state index in [2.05, 4.69) is 15.8 Å². The molecular formula is C10H17N3O. The number of hydrogen-bond donors (Lipinski definition) is 2. The van der Waals surface area contributed by atoms with Crippen LogP contribution in [0, 0.1) is 0 Å². The van der Waals surface area contributed by atoms with Crippen molar-refractivity contribution >= 4 is 5.91 Å². The zero-order valence-corrected chi connectivity index (χ0v) is 8.33. The van der Waals surface area contributed by atoms with Crippen molar-refractivity contribution in [3.05, 3.63) is 0 Å². The van der Waals surface area contributed by atoms with Crippen LogP contribution < -0.4 is 10.7 Å². The molecule has 4 heteroatoms. The predicted octanol–water partition coefficient (Wildman–Crippen LogP) is 0.00630. The standard InChI is InChI=1S/C10H17N3O/c14-10-9-5-6-11-13(9)8-4-2-1-3-7(8)12-10/h7-9,11H,1-6H2,(H,12,14). The summed E-state index contributed by atoms with van der Waals surface area (Å²) >= 11 is 0. The predicted molar refractivity (Wildman–Crippen MR) is 52.4 cm³/mol. The van der Waals surface area contributed by atoms with Crippen LogP contribution in [0.5, 0.6) is 0 Å². The normalized spacial score (nSPS) is 42.9. The molecule has 3 rings (SSSR count). The molecule has 4 nitrogen and oxygen atoms in total. The quantitative estimate of drug-likeness (QED) is 0.572. The lowest BCUT2D eigenvalue weighted by Crippen LogP contribution is -2.66. The summed E-state index contributed by atoms with van der Waals surface area (Å²) in [7, 11) is 0. The van der Waals surface area contributed by atoms with Gasteiger partial charge in [-0.25, -0.2) is 5.01 Å². The van der Waals surface area contributed by atoms with Gasteiger partial charge in [-0.2, -0.15) is 0 Å². The molecule has 78 valence electrons. The fourth-order valence-electron chi connectivity index (χ4n) is 3.08. The van der Waals surface area contributed by atoms with Gasteiger partial charge in [0.05, 0.1) is 0 Å². The Balaban J connectivity index is 1.84. The number of piperazine rings is 1. The highest BCUT2D eigenvalue weighted by molar-refractivity contribution is 5.83. The van der Waals surface area contributed by atoms with Crippen molar-refractivity contribution in [2.45, 2.75) is 50.2 Å². The van der Waals surface area contributed by atoms with Crippen molar-refractivity contribution in [2.75, 3.05) is 6.54 Å². The molecule has 0 spiro atoms. The summed E-state index contributed by atoms with van der Waals surface area (Å²) in [6.45, 7) is 0.960. The van der Waals surface area contributed by atoms with Crippen molar-refractivity contribution in [3.63, 3.8) is 0 Å². The summed E-state index contributed by atoms with van der Waals surface area (Å²) in [6, 6.07) is 1.06. The van der Waals surface area contributed by atoms with Crippen molar-refractivity contribution in [2.24, 2.45) is 0 Å². The van der Waals surface area contributed by atoms with Gasteiger partial charge in [0.2, 0.25) is 5.91 Å². The van der Waals surface area contributed by atoms with E-state index < -0.39 is 0 Å². The molecule has 1 aliphatic carbocycles. The Morgan fingerprint density at radius 3 is 3.00 bits per heavy atom. The Morgan fingerprint density at radius 1 is 1.21 bits per heavy atom. The Morgan fingerprint density at radius 2 is 2.07 bits per heavy atom. The summed E-state index contributed by atoms with van der Waals surface area (Å²) < 4.78 is 0. The van der Waals surface area contributed by atoms with Crippen LogP contribution in [0.2, 0.25) is 0 Å². The lowest BCUT2D eigenvalue weighted by atomic mass is 9.87. The lowest BCUT2D eigenvalue weighted by molar-refractivity contribution is -0.134. The molecule has 1 saturated carbocycles. The van der Waals surface area contributed by atoms with Gasteiger partial charge in [-0.1, -0.05) is 12.8 Å². The fraction of sp³-hybridized carbons (Fsp3) is 0.900. The Hall–Kier alpha value is -0.610. The largest absolute Gasteiger partial charge is 0.350 e. The minimum atomic E-state index is 0.106. The van der Waals surface area contributed by atoms with E-state index in [0.717, 1.165) is 19.4 Å². The smallest absolute Gasteiger partial charge is 0.239 e. The maximum atomic E-state index is 11.7. The monoisotopic (exact) mass is 195 g/mol. The highest BCUT2D eigenvalue weighted by Crippen LogP contribution is 2.29. The van der Waals surface area contributed by atoms with Crippen LogP contribution in [0.3, 0.4) is 0 Å². The van der Waals surface area contributed by atoms with Crippen LogP contribution in [-0.2, 0) is 4.79 Å². The van der Waals surface area contributed by atoms with Crippen molar-refractivity contribution in [3.8, 4) is 0 Å². The summed E-state index contributed by atoms with van der Waals surface area (Å²) in [6.07, 6.45) is 5.92. The zero-order valence-electron chi connectivity index (χ0n) is 8.33. The number of carbonyl (C=O) groups is 1. The molecule has 0 bridgehead atoms. The Labute approximate surface area is 84.0 Å². The third-order valence-electron chi connectivity index (χ3n) is 3.77. The van der Waals surface area contributed by atoms with Gasteiger partial charge in [-0.3, -0.25) is 10.2 Å². The minimum absolute atomic E-state index is 0.106. The Kier molecular flexibility index (Phi) is 1.99. The molecule has 3 atom stereocenters. The first kappa shape index (κ1) is 8.68. The number of carbonyl (C=O) groups excluding carboxylic acids is 1. The minimum Gasteiger partial charge on any atom is -0.350 e. The number of hydrogen-bond acceptors (Lipinski definition) is 3. The first-order chi connectivity index (χ1) is 6.86. The maximum absolute atomic E-state index is 11.7. The highest BCUT2D eigenvalue weighted by atomic mass is 16.2. The summed E-state index contributed by atoms with van der Waals surface area (Å²) in [4.78, 5) is 11.7. The molecule has 2 saturated heterocycles. The van der Waals surface area contributed by atoms with Crippen molar-refractivity contribution in [1.82, 2.24) is 15.8 Å². The third-order valence-corrected chi connectivity index (χ3v) is 3.77. The molecule has 0 radical (unpaired) electrons. The molecule has 14 heavy (non-hydrogen) atoms. The molecule has 0 aromatic carbocycles. The van der Waals surface area contributed by atoms with Crippen molar-refractivity contribution < 1.29 is 4.79 Å². The van der Waals surface area contributed by atoms with Crippen molar-refractivity contribution in [1.29, 1.82) is 0 Å². The highest BCUT2D eigenvalue weighted by Gasteiger charge is 2.44. The first-order valence-corrected chi connectivity index (χ1v) is 5.68. The summed E-state index contributed by atoms with van der Waals surface area (Å²) in [5, 5.41) is 5.39. The molecule has 2 heterocycles. The second-order valence-electron chi connectivity index (χ2n) is 4.59. The van der Waals surface area contributed by atoms with Gasteiger partial charge in [0.25, 0.3) is 0 Å². The van der Waals surface area contributed by atoms with E-state index in [9.17, 15) is 4.79 Å². The van der Waals surface area contributed by atoms with Crippen LogP contribution in [0.15, 0.2) is 0 Å². The number of rotatable bonds is 0. The zero-order chi connectivity index (χ0) is 9.54. The van der Waals surface area contributed by atoms with E-state index >= 15 is 0 Å². The average Bonchev–Trinajstić information content (AvgIpc) is 2.67. The second kappa shape index (κ2) is 3.21. The summed E-state index contributed by atoms with van der Waals surface area (Å²) in [5.41, 5.74) is 3.36. The van der Waals surface area contributed by atoms with Gasteiger partial charge in [-0.15, -0.1) is 0 Å². The molecule has 3 aliphatic rings. The molecule has 0 aromatic rings. The molecule has 2 N–H and O–H groups in total. The molecular weight excluding hydrogens is 178 g/mol.